The Morgan fingerprint density at radius 2 is 1.84 bits per heavy atom. The van der Waals surface area contributed by atoms with Crippen LogP contribution in [0, 0.1) is 12.8 Å². The van der Waals surface area contributed by atoms with Gasteiger partial charge < -0.3 is 20.3 Å². The average Bonchev–Trinajstić information content (AvgIpc) is 3.55. The predicted octanol–water partition coefficient (Wildman–Crippen LogP) is 3.77. The lowest BCUT2D eigenvalue weighted by molar-refractivity contribution is -0.128. The van der Waals surface area contributed by atoms with Crippen molar-refractivity contribution in [2.24, 2.45) is 10.9 Å². The molecule has 2 aromatic rings. The van der Waals surface area contributed by atoms with Crippen molar-refractivity contribution in [2.45, 2.75) is 52.2 Å². The van der Waals surface area contributed by atoms with Gasteiger partial charge in [-0.25, -0.2) is 0 Å². The van der Waals surface area contributed by atoms with Crippen molar-refractivity contribution in [3.05, 3.63) is 64.7 Å². The Kier molecular flexibility index (Phi) is 7.30. The lowest BCUT2D eigenvalue weighted by Crippen LogP contribution is -2.36. The molecule has 1 saturated heterocycles. The van der Waals surface area contributed by atoms with E-state index in [1.165, 1.54) is 29.5 Å². The van der Waals surface area contributed by atoms with E-state index in [9.17, 15) is 4.79 Å². The molecule has 6 heteroatoms. The molecule has 2 N–H and O–H groups in total. The van der Waals surface area contributed by atoms with Crippen molar-refractivity contribution in [2.75, 3.05) is 20.2 Å². The number of carbonyl (C=O) groups excluding carboxylic acids is 1. The van der Waals surface area contributed by atoms with Crippen LogP contribution in [0.5, 0.6) is 5.75 Å². The molecule has 0 unspecified atom stereocenters. The summed E-state index contributed by atoms with van der Waals surface area (Å²) in [5.74, 6) is 2.68. The van der Waals surface area contributed by atoms with Crippen LogP contribution in [0.1, 0.15) is 47.9 Å². The molecule has 1 aliphatic carbocycles. The second kappa shape index (κ2) is 10.5. The highest BCUT2D eigenvalue weighted by Crippen LogP contribution is 2.30. The number of ether oxygens (including phenoxy) is 1. The molecule has 2 fully saturated rings. The quantitative estimate of drug-likeness (QED) is 0.466. The number of carbonyl (C=O) groups is 1. The molecular formula is C26H34N4O2. The zero-order chi connectivity index (χ0) is 22.3. The smallest absolute Gasteiger partial charge is 0.222 e. The molecule has 1 saturated carbocycles. The van der Waals surface area contributed by atoms with Gasteiger partial charge in [0.1, 0.15) is 5.75 Å². The molecule has 1 heterocycles. The molecule has 4 rings (SSSR count). The van der Waals surface area contributed by atoms with Crippen LogP contribution in [-0.4, -0.2) is 37.0 Å². The maximum Gasteiger partial charge on any atom is 0.222 e. The minimum Gasteiger partial charge on any atom is -0.493 e. The van der Waals surface area contributed by atoms with E-state index in [0.29, 0.717) is 26.1 Å². The topological polar surface area (TPSA) is 66.0 Å². The van der Waals surface area contributed by atoms with Crippen LogP contribution in [0.25, 0.3) is 0 Å². The van der Waals surface area contributed by atoms with Crippen molar-refractivity contribution >= 4 is 11.9 Å². The van der Waals surface area contributed by atoms with Gasteiger partial charge in [0.05, 0.1) is 6.61 Å². The van der Waals surface area contributed by atoms with E-state index in [0.717, 1.165) is 42.8 Å². The minimum atomic E-state index is 0.253. The van der Waals surface area contributed by atoms with Crippen molar-refractivity contribution in [3.8, 4) is 5.75 Å². The van der Waals surface area contributed by atoms with E-state index in [4.69, 9.17) is 4.74 Å². The van der Waals surface area contributed by atoms with Crippen molar-refractivity contribution in [3.63, 3.8) is 0 Å². The summed E-state index contributed by atoms with van der Waals surface area (Å²) in [7, 11) is 1.78. The number of guanidine groups is 1. The summed E-state index contributed by atoms with van der Waals surface area (Å²) in [5.41, 5.74) is 4.70. The van der Waals surface area contributed by atoms with E-state index >= 15 is 0 Å². The molecule has 6 nitrogen and oxygen atoms in total. The number of amides is 1. The monoisotopic (exact) mass is 434 g/mol. The highest BCUT2D eigenvalue weighted by molar-refractivity contribution is 5.80. The number of nitrogens with zero attached hydrogens (tertiary/aromatic N) is 2. The summed E-state index contributed by atoms with van der Waals surface area (Å²) < 4.78 is 6.09. The van der Waals surface area contributed by atoms with Gasteiger partial charge in [-0.05, 0) is 54.9 Å². The first-order chi connectivity index (χ1) is 15.6. The van der Waals surface area contributed by atoms with Crippen molar-refractivity contribution in [1.82, 2.24) is 15.5 Å². The maximum absolute atomic E-state index is 12.0. The van der Waals surface area contributed by atoms with E-state index in [-0.39, 0.29) is 5.91 Å². The molecule has 1 amide bonds. The number of rotatable bonds is 9. The average molecular weight is 435 g/mol. The van der Waals surface area contributed by atoms with Gasteiger partial charge in [-0.15, -0.1) is 0 Å². The van der Waals surface area contributed by atoms with Gasteiger partial charge >= 0.3 is 0 Å². The van der Waals surface area contributed by atoms with Crippen LogP contribution in [-0.2, 0) is 24.4 Å². The molecule has 0 radical (unpaired) electrons. The van der Waals surface area contributed by atoms with Crippen LogP contribution in [0.2, 0.25) is 0 Å². The van der Waals surface area contributed by atoms with Crippen LogP contribution in [0.4, 0.5) is 0 Å². The zero-order valence-electron chi connectivity index (χ0n) is 19.2. The summed E-state index contributed by atoms with van der Waals surface area (Å²) in [6.45, 7) is 5.72. The van der Waals surface area contributed by atoms with Crippen molar-refractivity contribution in [1.29, 1.82) is 0 Å². The summed E-state index contributed by atoms with van der Waals surface area (Å²) >= 11 is 0. The molecule has 2 aromatic carbocycles. The molecule has 1 aliphatic heterocycles. The Hall–Kier alpha value is -3.02. The molecule has 0 bridgehead atoms. The fraction of sp³-hybridized carbons (Fsp3) is 0.462. The van der Waals surface area contributed by atoms with Gasteiger partial charge in [0.25, 0.3) is 0 Å². The third-order valence-electron chi connectivity index (χ3n) is 6.16. The zero-order valence-corrected chi connectivity index (χ0v) is 19.2. The predicted molar refractivity (Wildman–Crippen MR) is 128 cm³/mol. The number of likely N-dealkylation sites (tertiary alicyclic amines) is 1. The first-order valence-corrected chi connectivity index (χ1v) is 11.6. The number of hydrogen-bond donors (Lipinski definition) is 2. The molecule has 2 aliphatic rings. The van der Waals surface area contributed by atoms with E-state index < -0.39 is 0 Å². The summed E-state index contributed by atoms with van der Waals surface area (Å²) in [5, 5.41) is 6.83. The third kappa shape index (κ3) is 6.02. The molecular weight excluding hydrogens is 400 g/mol. The van der Waals surface area contributed by atoms with E-state index in [2.05, 4.69) is 52.9 Å². The molecule has 0 aromatic heterocycles. The Labute approximate surface area is 191 Å². The Morgan fingerprint density at radius 1 is 1.09 bits per heavy atom. The number of hydrogen-bond acceptors (Lipinski definition) is 3. The number of benzene rings is 2. The number of aliphatic imine (C=N–C) groups is 1. The highest BCUT2D eigenvalue weighted by Gasteiger charge is 2.23. The number of aryl methyl sites for hydroxylation is 1. The normalized spacial score (nSPS) is 16.4. The van der Waals surface area contributed by atoms with Gasteiger partial charge in [0.2, 0.25) is 5.91 Å². The number of nitrogens with one attached hydrogen (secondary N) is 2. The minimum absolute atomic E-state index is 0.253. The molecule has 0 spiro atoms. The third-order valence-corrected chi connectivity index (χ3v) is 6.16. The lowest BCUT2D eigenvalue weighted by atomic mass is 10.1. The summed E-state index contributed by atoms with van der Waals surface area (Å²) in [4.78, 5) is 18.4. The maximum atomic E-state index is 12.0. The van der Waals surface area contributed by atoms with Gasteiger partial charge in [0, 0.05) is 45.2 Å². The molecule has 32 heavy (non-hydrogen) atoms. The fourth-order valence-corrected chi connectivity index (χ4v) is 3.97. The standard InChI is InChI=1S/C26H34N4O2/c1-19-9-12-22(24(14-19)32-18-20-10-11-20)16-29-26(27-2)28-15-21-6-3-4-7-23(21)17-30-13-5-8-25(30)31/h3-4,6-7,9,12,14,20H,5,8,10-11,13,15-18H2,1-2H3,(H2,27,28,29). The SMILES string of the molecule is CN=C(NCc1ccccc1CN1CCCC1=O)NCc1ccc(C)cc1OCC1CC1. The van der Waals surface area contributed by atoms with E-state index in [1.54, 1.807) is 7.05 Å². The summed E-state index contributed by atoms with van der Waals surface area (Å²) in [6, 6.07) is 14.7. The van der Waals surface area contributed by atoms with Gasteiger partial charge in [-0.2, -0.15) is 0 Å². The van der Waals surface area contributed by atoms with Crippen molar-refractivity contribution < 1.29 is 9.53 Å². The van der Waals surface area contributed by atoms with Gasteiger partial charge in [0.15, 0.2) is 5.96 Å². The van der Waals surface area contributed by atoms with Gasteiger partial charge in [-0.3, -0.25) is 9.79 Å². The second-order valence-corrected chi connectivity index (χ2v) is 8.83. The first kappa shape index (κ1) is 22.2. The largest absolute Gasteiger partial charge is 0.493 e. The van der Waals surface area contributed by atoms with Crippen LogP contribution >= 0.6 is 0 Å². The lowest BCUT2D eigenvalue weighted by Gasteiger charge is -2.19. The fourth-order valence-electron chi connectivity index (χ4n) is 3.97. The Balaban J connectivity index is 1.34. The second-order valence-electron chi connectivity index (χ2n) is 8.83. The molecule has 170 valence electrons. The Bertz CT molecular complexity index is 968. The first-order valence-electron chi connectivity index (χ1n) is 11.6. The van der Waals surface area contributed by atoms with Crippen LogP contribution < -0.4 is 15.4 Å². The van der Waals surface area contributed by atoms with E-state index in [1.807, 2.05) is 17.0 Å². The molecule has 0 atom stereocenters. The van der Waals surface area contributed by atoms with Crippen LogP contribution in [0.15, 0.2) is 47.5 Å². The highest BCUT2D eigenvalue weighted by atomic mass is 16.5. The van der Waals surface area contributed by atoms with Crippen LogP contribution in [0.3, 0.4) is 0 Å². The summed E-state index contributed by atoms with van der Waals surface area (Å²) in [6.07, 6.45) is 4.19. The Morgan fingerprint density at radius 3 is 2.53 bits per heavy atom. The van der Waals surface area contributed by atoms with Gasteiger partial charge in [-0.1, -0.05) is 36.4 Å².